The molecule has 0 saturated carbocycles. The van der Waals surface area contributed by atoms with Crippen molar-refractivity contribution in [2.45, 2.75) is 25.7 Å². The first-order valence-corrected chi connectivity index (χ1v) is 11.4. The second-order valence-electron chi connectivity index (χ2n) is 7.01. The van der Waals surface area contributed by atoms with Gasteiger partial charge in [0.05, 0.1) is 33.4 Å². The number of methoxy groups -OCH3 is 1. The van der Waals surface area contributed by atoms with Crippen LogP contribution < -0.4 is 9.47 Å². The van der Waals surface area contributed by atoms with Crippen molar-refractivity contribution in [1.82, 2.24) is 9.88 Å². The summed E-state index contributed by atoms with van der Waals surface area (Å²) in [5.41, 5.74) is 1.67. The lowest BCUT2D eigenvalue weighted by molar-refractivity contribution is 0.0712. The molecule has 1 saturated heterocycles. The Morgan fingerprint density at radius 2 is 2.03 bits per heavy atom. The number of rotatable bonds is 5. The van der Waals surface area contributed by atoms with Gasteiger partial charge in [-0.2, -0.15) is 0 Å². The van der Waals surface area contributed by atoms with Gasteiger partial charge in [-0.3, -0.25) is 4.79 Å². The highest BCUT2D eigenvalue weighted by atomic mass is 79.9. The maximum absolute atomic E-state index is 13.1. The zero-order valence-corrected chi connectivity index (χ0v) is 18.9. The van der Waals surface area contributed by atoms with Crippen LogP contribution in [0.15, 0.2) is 40.9 Å². The Morgan fingerprint density at radius 1 is 1.28 bits per heavy atom. The number of nitrogens with zero attached hydrogens (tertiary/aromatic N) is 2. The van der Waals surface area contributed by atoms with E-state index < -0.39 is 0 Å². The number of piperidine rings is 1. The van der Waals surface area contributed by atoms with Crippen molar-refractivity contribution < 1.29 is 14.3 Å². The lowest BCUT2D eigenvalue weighted by Gasteiger charge is -2.31. The maximum atomic E-state index is 13.1. The average molecular weight is 475 g/mol. The molecule has 3 aromatic rings. The number of benzene rings is 2. The Balaban J connectivity index is 1.47. The molecule has 7 heteroatoms. The Labute approximate surface area is 182 Å². The number of likely N-dealkylation sites (tertiary alicyclic amines) is 1. The normalized spacial score (nSPS) is 14.9. The molecular formula is C22H23BrN2O3S. The summed E-state index contributed by atoms with van der Waals surface area (Å²) in [6, 6.07) is 11.8. The Kier molecular flexibility index (Phi) is 6.06. The topological polar surface area (TPSA) is 51.7 Å². The zero-order chi connectivity index (χ0) is 20.4. The predicted octanol–water partition coefficient (Wildman–Crippen LogP) is 5.49. The molecule has 4 rings (SSSR count). The van der Waals surface area contributed by atoms with E-state index in [0.717, 1.165) is 35.9 Å². The number of hydrogen-bond acceptors (Lipinski definition) is 5. The fraction of sp³-hybridized carbons (Fsp3) is 0.364. The minimum atomic E-state index is 0.0230. The smallest absolute Gasteiger partial charge is 0.254 e. The third-order valence-corrected chi connectivity index (χ3v) is 6.99. The second kappa shape index (κ2) is 8.71. The number of amides is 1. The molecule has 29 heavy (non-hydrogen) atoms. The fourth-order valence-corrected chi connectivity index (χ4v) is 5.40. The van der Waals surface area contributed by atoms with Crippen LogP contribution in [0, 0.1) is 0 Å². The first kappa shape index (κ1) is 20.2. The highest BCUT2D eigenvalue weighted by molar-refractivity contribution is 9.10. The number of carbonyl (C=O) groups is 1. The van der Waals surface area contributed by atoms with E-state index >= 15 is 0 Å². The van der Waals surface area contributed by atoms with E-state index in [1.165, 1.54) is 9.71 Å². The molecule has 0 atom stereocenters. The SMILES string of the molecule is CCOc1c(Br)cc(C(=O)N2CCC(c3nc4ccccc4s3)CC2)cc1OC. The summed E-state index contributed by atoms with van der Waals surface area (Å²) in [6.07, 6.45) is 1.86. The van der Waals surface area contributed by atoms with Gasteiger partial charge in [0.2, 0.25) is 0 Å². The summed E-state index contributed by atoms with van der Waals surface area (Å²) in [6.45, 7) is 3.90. The van der Waals surface area contributed by atoms with Gasteiger partial charge in [-0.1, -0.05) is 12.1 Å². The summed E-state index contributed by atoms with van der Waals surface area (Å²) in [5, 5.41) is 1.18. The average Bonchev–Trinajstić information content (AvgIpc) is 3.19. The van der Waals surface area contributed by atoms with E-state index in [2.05, 4.69) is 34.1 Å². The third-order valence-electron chi connectivity index (χ3n) is 5.21. The van der Waals surface area contributed by atoms with E-state index in [-0.39, 0.29) is 5.91 Å². The van der Waals surface area contributed by atoms with Crippen LogP contribution in [0.1, 0.15) is 41.0 Å². The molecule has 152 valence electrons. The van der Waals surface area contributed by atoms with Crippen LogP contribution in [-0.2, 0) is 0 Å². The minimum Gasteiger partial charge on any atom is -0.493 e. The van der Waals surface area contributed by atoms with Crippen LogP contribution in [-0.4, -0.2) is 42.6 Å². The standard InChI is InChI=1S/C22H23BrN2O3S/c1-3-28-20-16(23)12-15(13-18(20)27-2)22(26)25-10-8-14(9-11-25)21-24-17-6-4-5-7-19(17)29-21/h4-7,12-14H,3,8-11H2,1-2H3. The fourth-order valence-electron chi connectivity index (χ4n) is 3.70. The van der Waals surface area contributed by atoms with Gasteiger partial charge in [-0.05, 0) is 60.0 Å². The number of fused-ring (bicyclic) bond motifs is 1. The monoisotopic (exact) mass is 474 g/mol. The third kappa shape index (κ3) is 4.12. The molecule has 1 fully saturated rings. The van der Waals surface area contributed by atoms with Gasteiger partial charge in [-0.15, -0.1) is 11.3 Å². The summed E-state index contributed by atoms with van der Waals surface area (Å²) >= 11 is 5.28. The molecule has 0 unspecified atom stereocenters. The van der Waals surface area contributed by atoms with Crippen molar-refractivity contribution in [2.24, 2.45) is 0 Å². The number of thiazole rings is 1. The van der Waals surface area contributed by atoms with E-state index in [0.29, 0.717) is 29.6 Å². The predicted molar refractivity (Wildman–Crippen MR) is 119 cm³/mol. The molecule has 0 bridgehead atoms. The van der Waals surface area contributed by atoms with Crippen molar-refractivity contribution in [3.8, 4) is 11.5 Å². The van der Waals surface area contributed by atoms with E-state index in [4.69, 9.17) is 14.5 Å². The Bertz CT molecular complexity index is 995. The van der Waals surface area contributed by atoms with Gasteiger partial charge in [0.15, 0.2) is 11.5 Å². The van der Waals surface area contributed by atoms with Crippen LogP contribution in [0.2, 0.25) is 0 Å². The molecule has 1 aliphatic rings. The van der Waals surface area contributed by atoms with Gasteiger partial charge < -0.3 is 14.4 Å². The molecule has 0 radical (unpaired) electrons. The Hall–Kier alpha value is -2.12. The molecule has 0 N–H and O–H groups in total. The van der Waals surface area contributed by atoms with E-state index in [9.17, 15) is 4.79 Å². The van der Waals surface area contributed by atoms with Gasteiger partial charge in [0.25, 0.3) is 5.91 Å². The Morgan fingerprint density at radius 3 is 2.72 bits per heavy atom. The highest BCUT2D eigenvalue weighted by Crippen LogP contribution is 2.38. The number of carbonyl (C=O) groups excluding carboxylic acids is 1. The quantitative estimate of drug-likeness (QED) is 0.490. The largest absolute Gasteiger partial charge is 0.493 e. The number of para-hydroxylation sites is 1. The molecule has 2 aromatic carbocycles. The number of aromatic nitrogens is 1. The number of ether oxygens (including phenoxy) is 2. The van der Waals surface area contributed by atoms with Crippen LogP contribution >= 0.6 is 27.3 Å². The van der Waals surface area contributed by atoms with Gasteiger partial charge in [0.1, 0.15) is 0 Å². The molecule has 5 nitrogen and oxygen atoms in total. The molecule has 0 aliphatic carbocycles. The minimum absolute atomic E-state index is 0.0230. The summed E-state index contributed by atoms with van der Waals surface area (Å²) in [7, 11) is 1.59. The summed E-state index contributed by atoms with van der Waals surface area (Å²) in [4.78, 5) is 19.8. The molecule has 0 spiro atoms. The molecule has 1 aliphatic heterocycles. The molecule has 1 aromatic heterocycles. The molecule has 1 amide bonds. The highest BCUT2D eigenvalue weighted by Gasteiger charge is 2.27. The maximum Gasteiger partial charge on any atom is 0.254 e. The van der Waals surface area contributed by atoms with Crippen molar-refractivity contribution in [3.05, 3.63) is 51.4 Å². The molecular weight excluding hydrogens is 452 g/mol. The van der Waals surface area contributed by atoms with Crippen molar-refractivity contribution in [2.75, 3.05) is 26.8 Å². The van der Waals surface area contributed by atoms with Crippen LogP contribution in [0.25, 0.3) is 10.2 Å². The summed E-state index contributed by atoms with van der Waals surface area (Å²) < 4.78 is 13.0. The summed E-state index contributed by atoms with van der Waals surface area (Å²) in [5.74, 6) is 1.63. The first-order chi connectivity index (χ1) is 14.1. The van der Waals surface area contributed by atoms with Crippen molar-refractivity contribution in [1.29, 1.82) is 0 Å². The zero-order valence-electron chi connectivity index (χ0n) is 16.5. The van der Waals surface area contributed by atoms with Crippen molar-refractivity contribution in [3.63, 3.8) is 0 Å². The van der Waals surface area contributed by atoms with E-state index in [1.807, 2.05) is 24.0 Å². The lowest BCUT2D eigenvalue weighted by atomic mass is 9.97. The molecule has 2 heterocycles. The number of halogens is 1. The van der Waals surface area contributed by atoms with Gasteiger partial charge >= 0.3 is 0 Å². The first-order valence-electron chi connectivity index (χ1n) is 9.75. The van der Waals surface area contributed by atoms with Crippen LogP contribution in [0.3, 0.4) is 0 Å². The van der Waals surface area contributed by atoms with E-state index in [1.54, 1.807) is 24.5 Å². The second-order valence-corrected chi connectivity index (χ2v) is 8.93. The van der Waals surface area contributed by atoms with Crippen molar-refractivity contribution >= 4 is 43.4 Å². The lowest BCUT2D eigenvalue weighted by Crippen LogP contribution is -2.37. The number of hydrogen-bond donors (Lipinski definition) is 0. The van der Waals surface area contributed by atoms with Gasteiger partial charge in [0, 0.05) is 24.6 Å². The van der Waals surface area contributed by atoms with Gasteiger partial charge in [-0.25, -0.2) is 4.98 Å². The van der Waals surface area contributed by atoms with Crippen LogP contribution in [0.4, 0.5) is 0 Å². The van der Waals surface area contributed by atoms with Crippen LogP contribution in [0.5, 0.6) is 11.5 Å².